The third-order valence-corrected chi connectivity index (χ3v) is 3.86. The minimum atomic E-state index is -4.61. The lowest BCUT2D eigenvalue weighted by atomic mass is 10.1. The molecule has 106 valence electrons. The van der Waals surface area contributed by atoms with Crippen LogP contribution < -0.4 is 10.5 Å². The molecule has 1 aromatic rings. The van der Waals surface area contributed by atoms with Crippen LogP contribution in [-0.4, -0.2) is 26.1 Å². The van der Waals surface area contributed by atoms with Crippen molar-refractivity contribution in [1.29, 1.82) is 0 Å². The Morgan fingerprint density at radius 1 is 1.42 bits per heavy atom. The number of rotatable bonds is 4. The van der Waals surface area contributed by atoms with Crippen molar-refractivity contribution in [2.75, 3.05) is 6.54 Å². The van der Waals surface area contributed by atoms with Gasteiger partial charge in [-0.05, 0) is 24.6 Å². The van der Waals surface area contributed by atoms with Crippen LogP contribution in [-0.2, 0) is 10.0 Å². The van der Waals surface area contributed by atoms with E-state index in [9.17, 15) is 21.6 Å². The van der Waals surface area contributed by atoms with E-state index in [2.05, 4.69) is 0 Å². The van der Waals surface area contributed by atoms with E-state index in [1.807, 2.05) is 0 Å². The zero-order valence-electron chi connectivity index (χ0n) is 9.78. The van der Waals surface area contributed by atoms with Gasteiger partial charge in [0.15, 0.2) is 0 Å². The van der Waals surface area contributed by atoms with Crippen LogP contribution in [0.3, 0.4) is 0 Å². The molecule has 19 heavy (non-hydrogen) atoms. The smallest absolute Gasteiger partial charge is 0.389 e. The van der Waals surface area contributed by atoms with Crippen molar-refractivity contribution >= 4 is 27.2 Å². The molecule has 0 bridgehead atoms. The predicted molar refractivity (Wildman–Crippen MR) is 68.3 cm³/mol. The van der Waals surface area contributed by atoms with E-state index in [0.29, 0.717) is 11.1 Å². The van der Waals surface area contributed by atoms with E-state index in [1.54, 1.807) is 6.92 Å². The Morgan fingerprint density at radius 2 is 2.00 bits per heavy atom. The fourth-order valence-electron chi connectivity index (χ4n) is 1.34. The number of hydrogen-bond acceptors (Lipinski definition) is 3. The molecule has 0 atom stereocenters. The Bertz CT molecular complexity index is 597. The van der Waals surface area contributed by atoms with Crippen LogP contribution in [0.15, 0.2) is 23.1 Å². The van der Waals surface area contributed by atoms with Gasteiger partial charge in [0.2, 0.25) is 10.0 Å². The second-order valence-electron chi connectivity index (χ2n) is 3.78. The summed E-state index contributed by atoms with van der Waals surface area (Å²) in [4.78, 5) is -0.182. The summed E-state index contributed by atoms with van der Waals surface area (Å²) in [6.45, 7) is -0.0529. The first-order valence-electron chi connectivity index (χ1n) is 5.00. The molecule has 0 amide bonds. The van der Waals surface area contributed by atoms with Crippen LogP contribution >= 0.6 is 12.2 Å². The second kappa shape index (κ2) is 5.43. The number of nitrogens with two attached hydrogens (primary N) is 1. The number of thiocarbonyl (C=S) groups is 1. The fourth-order valence-corrected chi connectivity index (χ4v) is 2.67. The molecule has 0 heterocycles. The lowest BCUT2D eigenvalue weighted by Crippen LogP contribution is -2.33. The standard InChI is InChI=1S/C10H11F3N2O2S2/c1-6-4-7(2-3-8(6)9(14)18)19(16,17)15-5-10(11,12)13/h2-4,15H,5H2,1H3,(H2,14,18). The minimum absolute atomic E-state index is 0.0877. The van der Waals surface area contributed by atoms with Gasteiger partial charge in [-0.3, -0.25) is 0 Å². The summed E-state index contributed by atoms with van der Waals surface area (Å²) in [5.74, 6) is 0. The molecule has 9 heteroatoms. The van der Waals surface area contributed by atoms with Crippen LogP contribution in [0.2, 0.25) is 0 Å². The van der Waals surface area contributed by atoms with E-state index in [0.717, 1.165) is 6.07 Å². The van der Waals surface area contributed by atoms with Crippen LogP contribution in [0, 0.1) is 6.92 Å². The number of benzene rings is 1. The molecule has 0 aliphatic rings. The molecule has 0 spiro atoms. The number of aryl methyl sites for hydroxylation is 1. The molecule has 0 aliphatic heterocycles. The Kier molecular flexibility index (Phi) is 4.54. The highest BCUT2D eigenvalue weighted by molar-refractivity contribution is 7.89. The highest BCUT2D eigenvalue weighted by Gasteiger charge is 2.30. The monoisotopic (exact) mass is 312 g/mol. The van der Waals surface area contributed by atoms with Crippen LogP contribution in [0.4, 0.5) is 13.2 Å². The topological polar surface area (TPSA) is 72.2 Å². The van der Waals surface area contributed by atoms with Gasteiger partial charge in [0.25, 0.3) is 0 Å². The van der Waals surface area contributed by atoms with Gasteiger partial charge in [0.1, 0.15) is 11.5 Å². The maximum atomic E-state index is 12.0. The van der Waals surface area contributed by atoms with Gasteiger partial charge in [-0.1, -0.05) is 18.3 Å². The summed E-state index contributed by atoms with van der Waals surface area (Å²) in [6.07, 6.45) is -4.61. The first-order valence-corrected chi connectivity index (χ1v) is 6.89. The van der Waals surface area contributed by atoms with Gasteiger partial charge in [0.05, 0.1) is 4.90 Å². The molecule has 3 N–H and O–H groups in total. The van der Waals surface area contributed by atoms with Crippen LogP contribution in [0.1, 0.15) is 11.1 Å². The molecule has 4 nitrogen and oxygen atoms in total. The first-order chi connectivity index (χ1) is 8.53. The molecule has 1 aromatic carbocycles. The van der Waals surface area contributed by atoms with E-state index in [-0.39, 0.29) is 9.88 Å². The average molecular weight is 312 g/mol. The lowest BCUT2D eigenvalue weighted by Gasteiger charge is -2.11. The van der Waals surface area contributed by atoms with Gasteiger partial charge >= 0.3 is 6.18 Å². The number of hydrogen-bond donors (Lipinski definition) is 2. The minimum Gasteiger partial charge on any atom is -0.389 e. The van der Waals surface area contributed by atoms with E-state index >= 15 is 0 Å². The van der Waals surface area contributed by atoms with Crippen molar-refractivity contribution in [2.45, 2.75) is 18.0 Å². The Hall–Kier alpha value is -1.19. The van der Waals surface area contributed by atoms with E-state index in [4.69, 9.17) is 18.0 Å². The van der Waals surface area contributed by atoms with E-state index < -0.39 is 22.7 Å². The summed E-state index contributed by atoms with van der Waals surface area (Å²) >= 11 is 4.75. The van der Waals surface area contributed by atoms with Crippen molar-refractivity contribution in [3.63, 3.8) is 0 Å². The zero-order valence-corrected chi connectivity index (χ0v) is 11.4. The molecule has 1 rings (SSSR count). The number of alkyl halides is 3. The Morgan fingerprint density at radius 3 is 2.42 bits per heavy atom. The van der Waals surface area contributed by atoms with Crippen molar-refractivity contribution in [3.05, 3.63) is 29.3 Å². The Labute approximate surface area is 113 Å². The zero-order chi connectivity index (χ0) is 14.8. The molecule has 0 unspecified atom stereocenters. The average Bonchev–Trinajstić information content (AvgIpc) is 2.25. The fraction of sp³-hybridized carbons (Fsp3) is 0.300. The molecule has 0 aliphatic carbocycles. The molecule has 0 aromatic heterocycles. The van der Waals surface area contributed by atoms with Crippen molar-refractivity contribution in [3.8, 4) is 0 Å². The second-order valence-corrected chi connectivity index (χ2v) is 5.99. The third-order valence-electron chi connectivity index (χ3n) is 2.24. The molecule has 0 fully saturated rings. The van der Waals surface area contributed by atoms with Gasteiger partial charge in [-0.25, -0.2) is 13.1 Å². The number of nitrogens with one attached hydrogen (secondary N) is 1. The molecule has 0 radical (unpaired) electrons. The number of halogens is 3. The van der Waals surface area contributed by atoms with Gasteiger partial charge in [0, 0.05) is 5.56 Å². The van der Waals surface area contributed by atoms with Crippen molar-refractivity contribution in [1.82, 2.24) is 4.72 Å². The molecular formula is C10H11F3N2O2S2. The summed E-state index contributed by atoms with van der Waals surface area (Å²) < 4.78 is 60.7. The highest BCUT2D eigenvalue weighted by atomic mass is 32.2. The molecular weight excluding hydrogens is 301 g/mol. The maximum absolute atomic E-state index is 12.0. The lowest BCUT2D eigenvalue weighted by molar-refractivity contribution is -0.121. The van der Waals surface area contributed by atoms with Gasteiger partial charge in [-0.2, -0.15) is 13.2 Å². The van der Waals surface area contributed by atoms with Gasteiger partial charge < -0.3 is 5.73 Å². The quantitative estimate of drug-likeness (QED) is 0.826. The van der Waals surface area contributed by atoms with Crippen molar-refractivity contribution in [2.24, 2.45) is 5.73 Å². The largest absolute Gasteiger partial charge is 0.402 e. The summed E-state index contributed by atoms with van der Waals surface area (Å²) in [6, 6.07) is 3.73. The predicted octanol–water partition coefficient (Wildman–Crippen LogP) is 1.47. The highest BCUT2D eigenvalue weighted by Crippen LogP contribution is 2.18. The first kappa shape index (κ1) is 15.9. The number of sulfonamides is 1. The third kappa shape index (κ3) is 4.44. The Balaban J connectivity index is 3.03. The summed E-state index contributed by atoms with van der Waals surface area (Å²) in [5, 5.41) is 0. The van der Waals surface area contributed by atoms with Crippen molar-refractivity contribution < 1.29 is 21.6 Å². The summed E-state index contributed by atoms with van der Waals surface area (Å²) in [7, 11) is -4.21. The molecule has 0 saturated carbocycles. The van der Waals surface area contributed by atoms with Crippen LogP contribution in [0.25, 0.3) is 0 Å². The normalized spacial score (nSPS) is 12.4. The molecule has 0 saturated heterocycles. The SMILES string of the molecule is Cc1cc(S(=O)(=O)NCC(F)(F)F)ccc1C(N)=S. The summed E-state index contributed by atoms with van der Waals surface area (Å²) in [5.41, 5.74) is 6.36. The van der Waals surface area contributed by atoms with Crippen LogP contribution in [0.5, 0.6) is 0 Å². The van der Waals surface area contributed by atoms with Gasteiger partial charge in [-0.15, -0.1) is 0 Å². The van der Waals surface area contributed by atoms with E-state index in [1.165, 1.54) is 16.9 Å². The maximum Gasteiger partial charge on any atom is 0.402 e.